The number of hydrogen-bond acceptors (Lipinski definition) is 4. The molecule has 1 unspecified atom stereocenters. The monoisotopic (exact) mass is 266 g/mol. The molecule has 0 aliphatic rings. The molecule has 1 N–H and O–H groups in total. The molecule has 0 aromatic heterocycles. The fourth-order valence-electron chi connectivity index (χ4n) is 1.54. The second-order valence-electron chi connectivity index (χ2n) is 4.87. The van der Waals surface area contributed by atoms with Gasteiger partial charge in [-0.25, -0.2) is 0 Å². The molecule has 0 radical (unpaired) electrons. The van der Waals surface area contributed by atoms with Gasteiger partial charge in [0.2, 0.25) is 0 Å². The van der Waals surface area contributed by atoms with Crippen LogP contribution in [-0.2, 0) is 16.0 Å². The molecule has 1 aromatic carbocycles. The molecule has 0 saturated heterocycles. The van der Waals surface area contributed by atoms with Gasteiger partial charge in [-0.15, -0.1) is 0 Å². The summed E-state index contributed by atoms with van der Waals surface area (Å²) in [5.41, 5.74) is 0.962. The van der Waals surface area contributed by atoms with E-state index < -0.39 is 6.10 Å². The summed E-state index contributed by atoms with van der Waals surface area (Å²) in [5.74, 6) is 0.811. The Morgan fingerprint density at radius 2 is 1.84 bits per heavy atom. The van der Waals surface area contributed by atoms with E-state index in [0.717, 1.165) is 5.56 Å². The summed E-state index contributed by atoms with van der Waals surface area (Å²) >= 11 is 0. The fourth-order valence-corrected chi connectivity index (χ4v) is 1.54. The second kappa shape index (κ2) is 7.92. The van der Waals surface area contributed by atoms with Crippen LogP contribution in [0.1, 0.15) is 26.3 Å². The normalized spacial score (nSPS) is 12.5. The van der Waals surface area contributed by atoms with Crippen LogP contribution in [0.4, 0.5) is 0 Å². The Labute approximate surface area is 114 Å². The first kappa shape index (κ1) is 15.7. The molecule has 0 spiro atoms. The van der Waals surface area contributed by atoms with Crippen LogP contribution >= 0.6 is 0 Å². The lowest BCUT2D eigenvalue weighted by atomic mass is 10.1. The first-order chi connectivity index (χ1) is 8.97. The van der Waals surface area contributed by atoms with Crippen molar-refractivity contribution >= 4 is 5.78 Å². The molecule has 1 aromatic rings. The average Bonchev–Trinajstić information content (AvgIpc) is 2.35. The number of carbonyl (C=O) groups excluding carboxylic acids is 1. The quantitative estimate of drug-likeness (QED) is 0.781. The predicted molar refractivity (Wildman–Crippen MR) is 73.4 cm³/mol. The molecule has 0 aliphatic heterocycles. The molecule has 1 atom stereocenters. The summed E-state index contributed by atoms with van der Waals surface area (Å²) in [6.45, 7) is 5.86. The number of rotatable bonds is 8. The molecule has 0 heterocycles. The van der Waals surface area contributed by atoms with Crippen LogP contribution in [0.15, 0.2) is 24.3 Å². The van der Waals surface area contributed by atoms with Crippen molar-refractivity contribution in [3.8, 4) is 5.75 Å². The van der Waals surface area contributed by atoms with Crippen molar-refractivity contribution in [1.82, 2.24) is 0 Å². The zero-order valence-corrected chi connectivity index (χ0v) is 11.8. The number of ketones is 1. The first-order valence-electron chi connectivity index (χ1n) is 6.48. The number of aliphatic hydroxyl groups is 1. The highest BCUT2D eigenvalue weighted by Crippen LogP contribution is 2.13. The zero-order valence-electron chi connectivity index (χ0n) is 11.8. The van der Waals surface area contributed by atoms with Gasteiger partial charge in [0.15, 0.2) is 0 Å². The van der Waals surface area contributed by atoms with Gasteiger partial charge in [0.1, 0.15) is 24.2 Å². The molecule has 4 heteroatoms. The van der Waals surface area contributed by atoms with Crippen molar-refractivity contribution in [3.05, 3.63) is 29.8 Å². The maximum Gasteiger partial charge on any atom is 0.134 e. The molecule has 19 heavy (non-hydrogen) atoms. The Bertz CT molecular complexity index is 384. The number of Topliss-reactive ketones (excluding diaryl/α,β-unsaturated/α-hetero) is 1. The molecular formula is C15H22O4. The first-order valence-corrected chi connectivity index (χ1v) is 6.48. The van der Waals surface area contributed by atoms with Gasteiger partial charge in [-0.05, 0) is 38.5 Å². The number of benzene rings is 1. The highest BCUT2D eigenvalue weighted by atomic mass is 16.5. The summed E-state index contributed by atoms with van der Waals surface area (Å²) in [6, 6.07) is 7.31. The van der Waals surface area contributed by atoms with Gasteiger partial charge in [-0.3, -0.25) is 4.79 Å². The van der Waals surface area contributed by atoms with Crippen LogP contribution in [0.25, 0.3) is 0 Å². The van der Waals surface area contributed by atoms with Crippen LogP contribution in [-0.4, -0.2) is 36.3 Å². The van der Waals surface area contributed by atoms with Gasteiger partial charge < -0.3 is 14.6 Å². The number of ether oxygens (including phenoxy) is 2. The fraction of sp³-hybridized carbons (Fsp3) is 0.533. The molecule has 4 nitrogen and oxygen atoms in total. The topological polar surface area (TPSA) is 55.8 Å². The van der Waals surface area contributed by atoms with Crippen molar-refractivity contribution in [2.24, 2.45) is 0 Å². The standard InChI is InChI=1S/C15H22O4/c1-11(2)18-9-14(17)10-19-15-6-4-13(5-7-15)8-12(3)16/h4-7,11,14,17H,8-10H2,1-3H3. The number of carbonyl (C=O) groups is 1. The van der Waals surface area contributed by atoms with Crippen molar-refractivity contribution in [3.63, 3.8) is 0 Å². The van der Waals surface area contributed by atoms with Crippen molar-refractivity contribution in [1.29, 1.82) is 0 Å². The van der Waals surface area contributed by atoms with Crippen LogP contribution in [0.2, 0.25) is 0 Å². The lowest BCUT2D eigenvalue weighted by Crippen LogP contribution is -2.25. The van der Waals surface area contributed by atoms with E-state index in [4.69, 9.17) is 9.47 Å². The van der Waals surface area contributed by atoms with Gasteiger partial charge >= 0.3 is 0 Å². The maximum absolute atomic E-state index is 11.0. The molecule has 0 bridgehead atoms. The third-order valence-corrected chi connectivity index (χ3v) is 2.44. The highest BCUT2D eigenvalue weighted by molar-refractivity contribution is 5.78. The predicted octanol–water partition coefficient (Wildman–Crippen LogP) is 1.98. The van der Waals surface area contributed by atoms with E-state index in [1.165, 1.54) is 0 Å². The van der Waals surface area contributed by atoms with Gasteiger partial charge in [-0.1, -0.05) is 12.1 Å². The lowest BCUT2D eigenvalue weighted by molar-refractivity contribution is -0.116. The molecular weight excluding hydrogens is 244 g/mol. The summed E-state index contributed by atoms with van der Waals surface area (Å²) in [7, 11) is 0. The van der Waals surface area contributed by atoms with Gasteiger partial charge in [0, 0.05) is 6.42 Å². The minimum absolute atomic E-state index is 0.0977. The van der Waals surface area contributed by atoms with Crippen molar-refractivity contribution in [2.75, 3.05) is 13.2 Å². The Morgan fingerprint density at radius 3 is 2.37 bits per heavy atom. The summed E-state index contributed by atoms with van der Waals surface area (Å²) in [5, 5.41) is 9.64. The van der Waals surface area contributed by atoms with Crippen LogP contribution in [0.3, 0.4) is 0 Å². The minimum atomic E-state index is -0.640. The Balaban J connectivity index is 2.35. The second-order valence-corrected chi connectivity index (χ2v) is 4.87. The van der Waals surface area contributed by atoms with Crippen LogP contribution in [0.5, 0.6) is 5.75 Å². The Morgan fingerprint density at radius 1 is 1.21 bits per heavy atom. The zero-order chi connectivity index (χ0) is 14.3. The Kier molecular flexibility index (Phi) is 6.53. The van der Waals surface area contributed by atoms with E-state index in [1.54, 1.807) is 19.1 Å². The largest absolute Gasteiger partial charge is 0.491 e. The molecule has 106 valence electrons. The van der Waals surface area contributed by atoms with E-state index in [0.29, 0.717) is 12.2 Å². The highest BCUT2D eigenvalue weighted by Gasteiger charge is 2.07. The van der Waals surface area contributed by atoms with E-state index in [-0.39, 0.29) is 25.1 Å². The minimum Gasteiger partial charge on any atom is -0.491 e. The summed E-state index contributed by atoms with van der Waals surface area (Å²) in [4.78, 5) is 11.0. The van der Waals surface area contributed by atoms with Gasteiger partial charge in [-0.2, -0.15) is 0 Å². The SMILES string of the molecule is CC(=O)Cc1ccc(OCC(O)COC(C)C)cc1. The van der Waals surface area contributed by atoms with Gasteiger partial charge in [0.25, 0.3) is 0 Å². The number of hydrogen-bond donors (Lipinski definition) is 1. The third-order valence-electron chi connectivity index (χ3n) is 2.44. The lowest BCUT2D eigenvalue weighted by Gasteiger charge is -2.14. The van der Waals surface area contributed by atoms with E-state index in [2.05, 4.69) is 0 Å². The molecule has 0 aliphatic carbocycles. The molecule has 0 amide bonds. The maximum atomic E-state index is 11.0. The van der Waals surface area contributed by atoms with Crippen LogP contribution in [0, 0.1) is 0 Å². The Hall–Kier alpha value is -1.39. The van der Waals surface area contributed by atoms with Crippen molar-refractivity contribution in [2.45, 2.75) is 39.4 Å². The third kappa shape index (κ3) is 6.94. The number of aliphatic hydroxyl groups excluding tert-OH is 1. The molecule has 0 fully saturated rings. The molecule has 0 saturated carbocycles. The smallest absolute Gasteiger partial charge is 0.134 e. The van der Waals surface area contributed by atoms with Gasteiger partial charge in [0.05, 0.1) is 12.7 Å². The van der Waals surface area contributed by atoms with Crippen molar-refractivity contribution < 1.29 is 19.4 Å². The average molecular weight is 266 g/mol. The summed E-state index contributed by atoms with van der Waals surface area (Å²) < 4.78 is 10.7. The van der Waals surface area contributed by atoms with E-state index in [1.807, 2.05) is 26.0 Å². The molecule has 1 rings (SSSR count). The van der Waals surface area contributed by atoms with E-state index in [9.17, 15) is 9.90 Å². The van der Waals surface area contributed by atoms with Crippen LogP contribution < -0.4 is 4.74 Å². The summed E-state index contributed by atoms with van der Waals surface area (Å²) in [6.07, 6.45) is -0.106. The van der Waals surface area contributed by atoms with E-state index >= 15 is 0 Å².